The number of hydrogen-bond acceptors (Lipinski definition) is 3. The van der Waals surface area contributed by atoms with Gasteiger partial charge in [-0.3, -0.25) is 0 Å². The first kappa shape index (κ1) is 15.9. The third kappa shape index (κ3) is 3.04. The first-order valence-corrected chi connectivity index (χ1v) is 9.90. The van der Waals surface area contributed by atoms with Gasteiger partial charge in [0.1, 0.15) is 0 Å². The highest BCUT2D eigenvalue weighted by Gasteiger charge is 2.27. The summed E-state index contributed by atoms with van der Waals surface area (Å²) in [4.78, 5) is 2.48. The minimum Gasteiger partial charge on any atom is -0.225 e. The molecule has 0 fully saturated rings. The van der Waals surface area contributed by atoms with E-state index in [0.717, 1.165) is 23.3 Å². The number of benzene rings is 2. The molecule has 2 N–H and O–H groups in total. The van der Waals surface area contributed by atoms with E-state index in [1.54, 1.807) is 23.9 Å². The van der Waals surface area contributed by atoms with Crippen LogP contribution in [0.5, 0.6) is 0 Å². The standard InChI is InChI=1S/C16H16ClNO2S2/c17-9-3-5-12-13-4-1-2-6-15(13)21-16-8-7-11(10-14(12)16)22(18,19)20/h1-2,4,6-8,10,12H,3,5,9H2,(H2,18,19,20)/t12-/m0/s1. The molecule has 0 bridgehead atoms. The molecule has 1 heterocycles. The number of primary sulfonamides is 1. The zero-order valence-electron chi connectivity index (χ0n) is 11.8. The van der Waals surface area contributed by atoms with Crippen LogP contribution in [0.25, 0.3) is 0 Å². The maximum Gasteiger partial charge on any atom is 0.238 e. The molecule has 2 aromatic rings. The Morgan fingerprint density at radius 3 is 2.55 bits per heavy atom. The Morgan fingerprint density at radius 1 is 1.09 bits per heavy atom. The van der Waals surface area contributed by atoms with Gasteiger partial charge in [-0.15, -0.1) is 11.6 Å². The van der Waals surface area contributed by atoms with E-state index < -0.39 is 10.0 Å². The first-order chi connectivity index (χ1) is 10.5. The molecule has 0 unspecified atom stereocenters. The van der Waals surface area contributed by atoms with Crippen molar-refractivity contribution in [3.63, 3.8) is 0 Å². The molecule has 2 aromatic carbocycles. The maximum atomic E-state index is 11.6. The van der Waals surface area contributed by atoms with Crippen LogP contribution in [-0.2, 0) is 10.0 Å². The fourth-order valence-corrected chi connectivity index (χ4v) is 4.68. The fraction of sp³-hybridized carbons (Fsp3) is 0.250. The molecule has 0 spiro atoms. The van der Waals surface area contributed by atoms with Crippen LogP contribution in [0.1, 0.15) is 29.9 Å². The van der Waals surface area contributed by atoms with E-state index in [4.69, 9.17) is 16.7 Å². The fourth-order valence-electron chi connectivity index (χ4n) is 2.81. The van der Waals surface area contributed by atoms with E-state index >= 15 is 0 Å². The Labute approximate surface area is 139 Å². The summed E-state index contributed by atoms with van der Waals surface area (Å²) in [5, 5.41) is 5.27. The summed E-state index contributed by atoms with van der Waals surface area (Å²) in [6.07, 6.45) is 1.77. The Balaban J connectivity index is 2.12. The summed E-state index contributed by atoms with van der Waals surface area (Å²) in [7, 11) is -3.69. The smallest absolute Gasteiger partial charge is 0.225 e. The van der Waals surface area contributed by atoms with E-state index in [1.807, 2.05) is 18.2 Å². The Kier molecular flexibility index (Phi) is 4.50. The Morgan fingerprint density at radius 2 is 1.82 bits per heavy atom. The maximum absolute atomic E-state index is 11.6. The number of halogens is 1. The third-order valence-electron chi connectivity index (χ3n) is 3.83. The second-order valence-electron chi connectivity index (χ2n) is 5.27. The highest BCUT2D eigenvalue weighted by molar-refractivity contribution is 7.99. The van der Waals surface area contributed by atoms with Crippen molar-refractivity contribution >= 4 is 33.4 Å². The van der Waals surface area contributed by atoms with E-state index in [9.17, 15) is 8.42 Å². The van der Waals surface area contributed by atoms with Gasteiger partial charge in [-0.25, -0.2) is 13.6 Å². The average Bonchev–Trinajstić information content (AvgIpc) is 2.50. The van der Waals surface area contributed by atoms with Gasteiger partial charge in [-0.05, 0) is 48.2 Å². The number of nitrogens with two attached hydrogens (primary N) is 1. The van der Waals surface area contributed by atoms with Gasteiger partial charge in [-0.2, -0.15) is 0 Å². The zero-order valence-corrected chi connectivity index (χ0v) is 14.2. The topological polar surface area (TPSA) is 60.2 Å². The molecule has 0 aromatic heterocycles. The lowest BCUT2D eigenvalue weighted by molar-refractivity contribution is 0.597. The average molecular weight is 354 g/mol. The number of rotatable bonds is 4. The molecule has 1 atom stereocenters. The van der Waals surface area contributed by atoms with Gasteiger partial charge in [0, 0.05) is 21.6 Å². The largest absolute Gasteiger partial charge is 0.238 e. The molecule has 3 nitrogen and oxygen atoms in total. The summed E-state index contributed by atoms with van der Waals surface area (Å²) in [6.45, 7) is 0. The summed E-state index contributed by atoms with van der Waals surface area (Å²) >= 11 is 7.53. The van der Waals surface area contributed by atoms with Crippen LogP contribution in [0.3, 0.4) is 0 Å². The summed E-state index contributed by atoms with van der Waals surface area (Å²) in [5.74, 6) is 0.753. The van der Waals surface area contributed by atoms with Crippen molar-refractivity contribution in [1.29, 1.82) is 0 Å². The lowest BCUT2D eigenvalue weighted by Crippen LogP contribution is -2.15. The number of sulfonamides is 1. The quantitative estimate of drug-likeness (QED) is 0.846. The molecule has 0 amide bonds. The summed E-state index contributed by atoms with van der Waals surface area (Å²) in [6, 6.07) is 13.4. The number of fused-ring (bicyclic) bond motifs is 2. The van der Waals surface area contributed by atoms with Crippen molar-refractivity contribution in [2.75, 3.05) is 5.88 Å². The SMILES string of the molecule is NS(=O)(=O)c1ccc2c(c1)[C@@H](CCCCl)c1ccccc1S2. The van der Waals surface area contributed by atoms with Crippen molar-refractivity contribution in [2.45, 2.75) is 33.4 Å². The van der Waals surface area contributed by atoms with Crippen LogP contribution in [0.2, 0.25) is 0 Å². The molecular weight excluding hydrogens is 338 g/mol. The predicted molar refractivity (Wildman–Crippen MR) is 90.2 cm³/mol. The predicted octanol–water partition coefficient (Wildman–Crippen LogP) is 3.95. The highest BCUT2D eigenvalue weighted by atomic mass is 35.5. The van der Waals surface area contributed by atoms with Crippen molar-refractivity contribution in [2.24, 2.45) is 5.14 Å². The van der Waals surface area contributed by atoms with Gasteiger partial charge < -0.3 is 0 Å². The van der Waals surface area contributed by atoms with Crippen LogP contribution in [-0.4, -0.2) is 14.3 Å². The van der Waals surface area contributed by atoms with E-state index in [0.29, 0.717) is 5.88 Å². The van der Waals surface area contributed by atoms with Crippen LogP contribution >= 0.6 is 23.4 Å². The molecular formula is C16H16ClNO2S2. The minimum atomic E-state index is -3.69. The normalized spacial score (nSPS) is 16.9. The van der Waals surface area contributed by atoms with E-state index in [1.165, 1.54) is 10.5 Å². The first-order valence-electron chi connectivity index (χ1n) is 7.00. The van der Waals surface area contributed by atoms with Crippen molar-refractivity contribution < 1.29 is 8.42 Å². The molecule has 0 saturated carbocycles. The Hall–Kier alpha value is -1.01. The van der Waals surface area contributed by atoms with Gasteiger partial charge in [0.25, 0.3) is 0 Å². The minimum absolute atomic E-state index is 0.160. The van der Waals surface area contributed by atoms with Crippen LogP contribution in [0.15, 0.2) is 57.2 Å². The van der Waals surface area contributed by atoms with E-state index in [2.05, 4.69) is 12.1 Å². The van der Waals surface area contributed by atoms with Crippen molar-refractivity contribution in [3.05, 3.63) is 53.6 Å². The van der Waals surface area contributed by atoms with Gasteiger partial charge in [-0.1, -0.05) is 30.0 Å². The number of hydrogen-bond donors (Lipinski definition) is 1. The lowest BCUT2D eigenvalue weighted by Gasteiger charge is -2.28. The molecule has 0 radical (unpaired) electrons. The molecule has 6 heteroatoms. The van der Waals surface area contributed by atoms with Crippen molar-refractivity contribution in [3.8, 4) is 0 Å². The van der Waals surface area contributed by atoms with Crippen LogP contribution < -0.4 is 5.14 Å². The van der Waals surface area contributed by atoms with Gasteiger partial charge >= 0.3 is 0 Å². The highest BCUT2D eigenvalue weighted by Crippen LogP contribution is 2.47. The van der Waals surface area contributed by atoms with Gasteiger partial charge in [0.2, 0.25) is 10.0 Å². The Bertz CT molecular complexity index is 806. The molecule has 0 saturated heterocycles. The molecule has 22 heavy (non-hydrogen) atoms. The van der Waals surface area contributed by atoms with Gasteiger partial charge in [0.15, 0.2) is 0 Å². The van der Waals surface area contributed by atoms with Crippen LogP contribution in [0.4, 0.5) is 0 Å². The molecule has 116 valence electrons. The van der Waals surface area contributed by atoms with Gasteiger partial charge in [0.05, 0.1) is 4.90 Å². The zero-order chi connectivity index (χ0) is 15.7. The monoisotopic (exact) mass is 353 g/mol. The molecule has 1 aliphatic rings. The molecule has 0 aliphatic carbocycles. The third-order valence-corrected chi connectivity index (χ3v) is 6.19. The van der Waals surface area contributed by atoms with Crippen LogP contribution in [0, 0.1) is 0 Å². The summed E-state index contributed by atoms with van der Waals surface area (Å²) < 4.78 is 23.3. The second-order valence-corrected chi connectivity index (χ2v) is 8.29. The van der Waals surface area contributed by atoms with Crippen molar-refractivity contribution in [1.82, 2.24) is 0 Å². The van der Waals surface area contributed by atoms with E-state index in [-0.39, 0.29) is 10.8 Å². The summed E-state index contributed by atoms with van der Waals surface area (Å²) in [5.41, 5.74) is 2.26. The molecule has 3 rings (SSSR count). The second kappa shape index (κ2) is 6.24. The molecule has 1 aliphatic heterocycles. The number of alkyl halides is 1. The lowest BCUT2D eigenvalue weighted by atomic mass is 9.87.